The van der Waals surface area contributed by atoms with Crippen LogP contribution in [-0.2, 0) is 0 Å². The zero-order chi connectivity index (χ0) is 10.6. The van der Waals surface area contributed by atoms with Crippen molar-refractivity contribution >= 4 is 0 Å². The van der Waals surface area contributed by atoms with Crippen LogP contribution in [0.1, 0.15) is 18.6 Å². The standard InChI is InChI=1S/C10H15NO3/c1-2-11-6-10(14)7-3-4-8(12)9(13)5-7/h3-5,10-14H,2,6H2,1H3/t10-/m1/s1. The van der Waals surface area contributed by atoms with Gasteiger partial charge >= 0.3 is 0 Å². The normalized spacial score (nSPS) is 12.7. The Bertz CT molecular complexity index is 301. The summed E-state index contributed by atoms with van der Waals surface area (Å²) in [7, 11) is 0. The van der Waals surface area contributed by atoms with Crippen molar-refractivity contribution in [3.05, 3.63) is 23.8 Å². The number of aliphatic hydroxyl groups excluding tert-OH is 1. The van der Waals surface area contributed by atoms with Crippen molar-refractivity contribution in [1.29, 1.82) is 0 Å². The van der Waals surface area contributed by atoms with Crippen molar-refractivity contribution in [2.24, 2.45) is 0 Å². The predicted molar refractivity (Wildman–Crippen MR) is 53.3 cm³/mol. The minimum absolute atomic E-state index is 0.176. The minimum Gasteiger partial charge on any atom is -0.504 e. The van der Waals surface area contributed by atoms with E-state index in [1.165, 1.54) is 12.1 Å². The molecule has 0 amide bonds. The van der Waals surface area contributed by atoms with Gasteiger partial charge in [0.25, 0.3) is 0 Å². The SMILES string of the molecule is CCNC[C@@H](O)c1ccc(O)c(O)c1. The van der Waals surface area contributed by atoms with Crippen molar-refractivity contribution in [3.63, 3.8) is 0 Å². The number of benzene rings is 1. The molecule has 0 unspecified atom stereocenters. The summed E-state index contributed by atoms with van der Waals surface area (Å²) in [6.45, 7) is 3.16. The summed E-state index contributed by atoms with van der Waals surface area (Å²) in [6.07, 6.45) is -0.665. The third-order valence-corrected chi connectivity index (χ3v) is 1.97. The number of rotatable bonds is 4. The van der Waals surface area contributed by atoms with E-state index in [0.29, 0.717) is 12.1 Å². The largest absolute Gasteiger partial charge is 0.504 e. The third-order valence-electron chi connectivity index (χ3n) is 1.97. The lowest BCUT2D eigenvalue weighted by molar-refractivity contribution is 0.175. The highest BCUT2D eigenvalue weighted by Crippen LogP contribution is 2.27. The van der Waals surface area contributed by atoms with E-state index in [9.17, 15) is 10.2 Å². The molecule has 78 valence electrons. The molecule has 1 atom stereocenters. The Labute approximate surface area is 82.8 Å². The van der Waals surface area contributed by atoms with Gasteiger partial charge in [-0.25, -0.2) is 0 Å². The molecule has 0 heterocycles. The molecule has 14 heavy (non-hydrogen) atoms. The quantitative estimate of drug-likeness (QED) is 0.537. The van der Waals surface area contributed by atoms with Gasteiger partial charge < -0.3 is 20.6 Å². The molecule has 4 N–H and O–H groups in total. The average molecular weight is 197 g/mol. The highest BCUT2D eigenvalue weighted by atomic mass is 16.3. The molecule has 0 aromatic heterocycles. The molecule has 0 saturated carbocycles. The highest BCUT2D eigenvalue weighted by Gasteiger charge is 2.08. The summed E-state index contributed by atoms with van der Waals surface area (Å²) in [4.78, 5) is 0. The third kappa shape index (κ3) is 2.61. The van der Waals surface area contributed by atoms with E-state index in [1.807, 2.05) is 6.92 Å². The summed E-state index contributed by atoms with van der Waals surface area (Å²) in [5.41, 5.74) is 0.584. The van der Waals surface area contributed by atoms with E-state index in [2.05, 4.69) is 5.32 Å². The van der Waals surface area contributed by atoms with Crippen LogP contribution in [0.25, 0.3) is 0 Å². The van der Waals surface area contributed by atoms with E-state index in [1.54, 1.807) is 6.07 Å². The molecule has 0 radical (unpaired) electrons. The molecule has 1 aromatic carbocycles. The fourth-order valence-electron chi connectivity index (χ4n) is 1.15. The van der Waals surface area contributed by atoms with Gasteiger partial charge in [0, 0.05) is 6.54 Å². The molecular weight excluding hydrogens is 182 g/mol. The lowest BCUT2D eigenvalue weighted by Crippen LogP contribution is -2.20. The lowest BCUT2D eigenvalue weighted by Gasteiger charge is -2.11. The number of nitrogens with one attached hydrogen (secondary N) is 1. The van der Waals surface area contributed by atoms with Crippen LogP contribution in [0, 0.1) is 0 Å². The van der Waals surface area contributed by atoms with Crippen LogP contribution in [0.5, 0.6) is 11.5 Å². The number of aliphatic hydroxyl groups is 1. The summed E-state index contributed by atoms with van der Waals surface area (Å²) in [5, 5.41) is 30.8. The Morgan fingerprint density at radius 2 is 2.00 bits per heavy atom. The van der Waals surface area contributed by atoms with Crippen LogP contribution in [0.15, 0.2) is 18.2 Å². The molecule has 1 aromatic rings. The van der Waals surface area contributed by atoms with E-state index in [4.69, 9.17) is 5.11 Å². The summed E-state index contributed by atoms with van der Waals surface area (Å²) in [5.74, 6) is -0.387. The summed E-state index contributed by atoms with van der Waals surface area (Å²) in [6, 6.07) is 4.30. The van der Waals surface area contributed by atoms with Crippen LogP contribution in [0.4, 0.5) is 0 Å². The van der Waals surface area contributed by atoms with Crippen LogP contribution < -0.4 is 5.32 Å². The minimum atomic E-state index is -0.665. The zero-order valence-electron chi connectivity index (χ0n) is 8.07. The number of hydrogen-bond acceptors (Lipinski definition) is 4. The van der Waals surface area contributed by atoms with Gasteiger partial charge in [0.05, 0.1) is 6.10 Å². The van der Waals surface area contributed by atoms with Gasteiger partial charge in [-0.15, -0.1) is 0 Å². The number of phenolic OH excluding ortho intramolecular Hbond substituents is 2. The topological polar surface area (TPSA) is 72.7 Å². The summed E-state index contributed by atoms with van der Waals surface area (Å²) < 4.78 is 0. The molecule has 0 fully saturated rings. The molecule has 0 saturated heterocycles. The first-order chi connectivity index (χ1) is 6.65. The molecule has 0 spiro atoms. The van der Waals surface area contributed by atoms with Gasteiger partial charge in [0.2, 0.25) is 0 Å². The predicted octanol–water partition coefficient (Wildman–Crippen LogP) is 0.741. The van der Waals surface area contributed by atoms with E-state index in [-0.39, 0.29) is 11.5 Å². The zero-order valence-corrected chi connectivity index (χ0v) is 8.07. The Morgan fingerprint density at radius 1 is 1.29 bits per heavy atom. The second-order valence-corrected chi connectivity index (χ2v) is 3.07. The Kier molecular flexibility index (Phi) is 3.73. The average Bonchev–Trinajstić information content (AvgIpc) is 2.18. The first kappa shape index (κ1) is 10.8. The number of aromatic hydroxyl groups is 2. The maximum absolute atomic E-state index is 9.61. The smallest absolute Gasteiger partial charge is 0.157 e. The lowest BCUT2D eigenvalue weighted by atomic mass is 10.1. The Morgan fingerprint density at radius 3 is 2.57 bits per heavy atom. The number of hydrogen-bond donors (Lipinski definition) is 4. The van der Waals surface area contributed by atoms with Crippen molar-refractivity contribution in [2.45, 2.75) is 13.0 Å². The van der Waals surface area contributed by atoms with Crippen molar-refractivity contribution < 1.29 is 15.3 Å². The van der Waals surface area contributed by atoms with E-state index < -0.39 is 6.10 Å². The van der Waals surface area contributed by atoms with Crippen LogP contribution in [0.3, 0.4) is 0 Å². The van der Waals surface area contributed by atoms with E-state index >= 15 is 0 Å². The molecule has 4 heteroatoms. The number of likely N-dealkylation sites (N-methyl/N-ethyl adjacent to an activating group) is 1. The molecule has 0 aliphatic rings. The highest BCUT2D eigenvalue weighted by molar-refractivity contribution is 5.41. The van der Waals surface area contributed by atoms with Crippen LogP contribution in [-0.4, -0.2) is 28.4 Å². The fourth-order valence-corrected chi connectivity index (χ4v) is 1.15. The monoisotopic (exact) mass is 197 g/mol. The second kappa shape index (κ2) is 4.83. The van der Waals surface area contributed by atoms with Gasteiger partial charge in [-0.3, -0.25) is 0 Å². The van der Waals surface area contributed by atoms with Crippen molar-refractivity contribution in [2.75, 3.05) is 13.1 Å². The van der Waals surface area contributed by atoms with Gasteiger partial charge in [-0.2, -0.15) is 0 Å². The van der Waals surface area contributed by atoms with Crippen molar-refractivity contribution in [3.8, 4) is 11.5 Å². The Balaban J connectivity index is 2.70. The van der Waals surface area contributed by atoms with Crippen molar-refractivity contribution in [1.82, 2.24) is 5.32 Å². The van der Waals surface area contributed by atoms with E-state index in [0.717, 1.165) is 6.54 Å². The first-order valence-corrected chi connectivity index (χ1v) is 4.55. The van der Waals surface area contributed by atoms with Crippen LogP contribution >= 0.6 is 0 Å². The second-order valence-electron chi connectivity index (χ2n) is 3.07. The van der Waals surface area contributed by atoms with Gasteiger partial charge in [0.1, 0.15) is 0 Å². The number of phenols is 2. The Hall–Kier alpha value is -1.26. The van der Waals surface area contributed by atoms with Gasteiger partial charge in [-0.05, 0) is 24.2 Å². The molecule has 1 rings (SSSR count). The maximum atomic E-state index is 9.61. The van der Waals surface area contributed by atoms with Gasteiger partial charge in [-0.1, -0.05) is 13.0 Å². The molecule has 0 aliphatic carbocycles. The van der Waals surface area contributed by atoms with Crippen LogP contribution in [0.2, 0.25) is 0 Å². The molecule has 0 aliphatic heterocycles. The molecular formula is C10H15NO3. The first-order valence-electron chi connectivity index (χ1n) is 4.55. The van der Waals surface area contributed by atoms with Gasteiger partial charge in [0.15, 0.2) is 11.5 Å². The molecule has 0 bridgehead atoms. The maximum Gasteiger partial charge on any atom is 0.157 e. The fraction of sp³-hybridized carbons (Fsp3) is 0.400. The summed E-state index contributed by atoms with van der Waals surface area (Å²) >= 11 is 0. The molecule has 4 nitrogen and oxygen atoms in total.